The Bertz CT molecular complexity index is 1900. The predicted molar refractivity (Wildman–Crippen MR) is 463 cm³/mol. The zero-order valence-corrected chi connectivity index (χ0v) is 74.2. The van der Waals surface area contributed by atoms with Crippen LogP contribution in [0, 0.1) is 47.3 Å². The van der Waals surface area contributed by atoms with Crippen LogP contribution in [0.4, 0.5) is 0 Å². The summed E-state index contributed by atoms with van der Waals surface area (Å²) in [4.78, 5) is 57.3. The minimum absolute atomic E-state index is 0.00821. The van der Waals surface area contributed by atoms with Gasteiger partial charge in [-0.05, 0) is 184 Å². The van der Waals surface area contributed by atoms with E-state index in [9.17, 15) is 19.2 Å². The molecule has 5 unspecified atom stereocenters. The first-order valence-electron chi connectivity index (χ1n) is 48.4. The van der Waals surface area contributed by atoms with Crippen molar-refractivity contribution in [3.05, 3.63) is 0 Å². The van der Waals surface area contributed by atoms with Gasteiger partial charge in [0, 0.05) is 45.6 Å². The predicted octanol–water partition coefficient (Wildman–Crippen LogP) is 28.5. The van der Waals surface area contributed by atoms with Gasteiger partial charge < -0.3 is 33.5 Å². The molecule has 0 aliphatic carbocycles. The summed E-state index contributed by atoms with van der Waals surface area (Å²) < 4.78 is 30.0. The number of carbonyl (C=O) groups excluding carboxylic acids is 4. The molecule has 11 heteroatoms. The van der Waals surface area contributed by atoms with E-state index in [0.717, 1.165) is 148 Å². The normalized spacial score (nSPS) is 14.2. The van der Waals surface area contributed by atoms with Crippen LogP contribution in [0.1, 0.15) is 473 Å². The quantitative estimate of drug-likeness (QED) is 0.0329. The highest BCUT2D eigenvalue weighted by atomic mass is 16.5. The Hall–Kier alpha value is -2.24. The van der Waals surface area contributed by atoms with Crippen LogP contribution in [0.3, 0.4) is 0 Å². The number of carbonyl (C=O) groups is 4. The van der Waals surface area contributed by atoms with E-state index in [1.54, 1.807) is 0 Å². The molecule has 1 aliphatic heterocycles. The number of rotatable bonds is 85. The SMILES string of the molecule is CCCCCC(CCCCC)CCOC(=O)CCCCCCCC(CCCCCCCCCC(=O)OCCC(CCCCC)CCCC(C)C(C(=O)OCCCCCCCCC(CCCCCCCCCCOC(=O)CC(CCCC)CCCC)COCCCN1CCCC1)C(CCCC)CCCC)CN(C)C. The standard InChI is InChI=1S/C97H188N2O9/c1-11-18-43-61-87(62-44-19-12-2)73-81-106-94(101)72-51-40-34-38-47-65-90(84-98(9)10)64-46-35-29-27-30-39-50-71-93(100)107-82-74-88(63-45-20-13-3)68-56-58-86(8)96(92(69-23-16-6)70-24-17-7)97(103)108-80-55-42-33-31-37-49-67-91(85-104-78-57-77-99-75-52-53-76-99)66-48-36-28-25-26-32-41-54-79-105-95(102)83-89(59-21-14-4)60-22-15-5/h86-92,96H,11-85H2,1-10H3. The number of ether oxygens (including phenoxy) is 5. The van der Waals surface area contributed by atoms with Gasteiger partial charge in [-0.2, -0.15) is 0 Å². The van der Waals surface area contributed by atoms with Crippen molar-refractivity contribution in [1.82, 2.24) is 9.80 Å². The van der Waals surface area contributed by atoms with Gasteiger partial charge in [0.2, 0.25) is 0 Å². The lowest BCUT2D eigenvalue weighted by atomic mass is 9.75. The van der Waals surface area contributed by atoms with Crippen molar-refractivity contribution in [3.8, 4) is 0 Å². The molecule has 0 N–H and O–H groups in total. The first-order valence-corrected chi connectivity index (χ1v) is 48.4. The summed E-state index contributed by atoms with van der Waals surface area (Å²) in [7, 11) is 4.43. The smallest absolute Gasteiger partial charge is 0.309 e. The molecule has 11 nitrogen and oxygen atoms in total. The Morgan fingerprint density at radius 2 is 0.667 bits per heavy atom. The molecule has 1 fully saturated rings. The van der Waals surface area contributed by atoms with Gasteiger partial charge in [-0.1, -0.05) is 338 Å². The van der Waals surface area contributed by atoms with Crippen molar-refractivity contribution in [2.45, 2.75) is 473 Å². The van der Waals surface area contributed by atoms with Crippen LogP contribution in [0.15, 0.2) is 0 Å². The number of unbranched alkanes of at least 4 members (excludes halogenated alkanes) is 32. The second-order valence-corrected chi connectivity index (χ2v) is 35.3. The molecule has 1 aliphatic rings. The van der Waals surface area contributed by atoms with Gasteiger partial charge in [0.15, 0.2) is 0 Å². The van der Waals surface area contributed by atoms with E-state index in [0.29, 0.717) is 75.3 Å². The Morgan fingerprint density at radius 1 is 0.315 bits per heavy atom. The third-order valence-electron chi connectivity index (χ3n) is 24.6. The third kappa shape index (κ3) is 65.1. The van der Waals surface area contributed by atoms with E-state index in [-0.39, 0.29) is 35.7 Å². The zero-order valence-electron chi connectivity index (χ0n) is 74.2. The molecule has 0 amide bonds. The number of hydrogen-bond donors (Lipinski definition) is 0. The van der Waals surface area contributed by atoms with E-state index in [4.69, 9.17) is 23.7 Å². The van der Waals surface area contributed by atoms with E-state index < -0.39 is 0 Å². The van der Waals surface area contributed by atoms with E-state index in [1.165, 1.54) is 296 Å². The molecular weight excluding hydrogens is 1340 g/mol. The van der Waals surface area contributed by atoms with Crippen molar-refractivity contribution < 1.29 is 42.9 Å². The van der Waals surface area contributed by atoms with Gasteiger partial charge >= 0.3 is 23.9 Å². The van der Waals surface area contributed by atoms with E-state index in [2.05, 4.69) is 79.3 Å². The fourth-order valence-corrected chi connectivity index (χ4v) is 17.5. The molecule has 108 heavy (non-hydrogen) atoms. The van der Waals surface area contributed by atoms with Crippen LogP contribution in [-0.2, 0) is 42.9 Å². The van der Waals surface area contributed by atoms with Crippen LogP contribution < -0.4 is 0 Å². The molecule has 0 aromatic rings. The average Bonchev–Trinajstić information content (AvgIpc) is 0.892. The largest absolute Gasteiger partial charge is 0.466 e. The average molecular weight is 1530 g/mol. The van der Waals surface area contributed by atoms with Gasteiger partial charge in [0.1, 0.15) is 0 Å². The number of likely N-dealkylation sites (tertiary alicyclic amines) is 1. The third-order valence-corrected chi connectivity index (χ3v) is 24.6. The highest BCUT2D eigenvalue weighted by Crippen LogP contribution is 2.36. The van der Waals surface area contributed by atoms with Crippen LogP contribution in [-0.4, -0.2) is 114 Å². The summed E-state index contributed by atoms with van der Waals surface area (Å²) in [6.45, 7) is 27.2. The van der Waals surface area contributed by atoms with Crippen LogP contribution >= 0.6 is 0 Å². The van der Waals surface area contributed by atoms with Crippen molar-refractivity contribution in [2.24, 2.45) is 47.3 Å². The Labute approximate surface area is 673 Å². The lowest BCUT2D eigenvalue weighted by molar-refractivity contribution is -0.153. The minimum atomic E-state index is -0.0356. The molecule has 0 bridgehead atoms. The Balaban J connectivity index is 2.48. The summed E-state index contributed by atoms with van der Waals surface area (Å²) in [6, 6.07) is 0. The van der Waals surface area contributed by atoms with E-state index >= 15 is 0 Å². The molecule has 0 aromatic carbocycles. The van der Waals surface area contributed by atoms with Crippen molar-refractivity contribution in [3.63, 3.8) is 0 Å². The van der Waals surface area contributed by atoms with E-state index in [1.807, 2.05) is 0 Å². The maximum atomic E-state index is 14.3. The maximum Gasteiger partial charge on any atom is 0.309 e. The first kappa shape index (κ1) is 104. The minimum Gasteiger partial charge on any atom is -0.466 e. The molecule has 0 spiro atoms. The second kappa shape index (κ2) is 78.6. The molecule has 0 aromatic heterocycles. The highest BCUT2D eigenvalue weighted by molar-refractivity contribution is 5.73. The van der Waals surface area contributed by atoms with Crippen molar-refractivity contribution in [2.75, 3.05) is 79.9 Å². The monoisotopic (exact) mass is 1530 g/mol. The Morgan fingerprint density at radius 3 is 1.10 bits per heavy atom. The van der Waals surface area contributed by atoms with Gasteiger partial charge in [0.05, 0.1) is 32.3 Å². The molecule has 640 valence electrons. The van der Waals surface area contributed by atoms with Crippen LogP contribution in [0.5, 0.6) is 0 Å². The summed E-state index contributed by atoms with van der Waals surface area (Å²) in [5, 5.41) is 0. The van der Waals surface area contributed by atoms with Crippen molar-refractivity contribution in [1.29, 1.82) is 0 Å². The van der Waals surface area contributed by atoms with Gasteiger partial charge in [-0.25, -0.2) is 0 Å². The van der Waals surface area contributed by atoms with Gasteiger partial charge in [-0.3, -0.25) is 19.2 Å². The maximum absolute atomic E-state index is 14.3. The molecule has 1 rings (SSSR count). The fraction of sp³-hybridized carbons (Fsp3) is 0.959. The first-order chi connectivity index (χ1) is 52.8. The molecule has 1 saturated heterocycles. The summed E-state index contributed by atoms with van der Waals surface area (Å²) in [5.74, 6) is 3.89. The number of nitrogens with zero attached hydrogens (tertiary/aromatic N) is 2. The van der Waals surface area contributed by atoms with Crippen LogP contribution in [0.2, 0.25) is 0 Å². The zero-order chi connectivity index (χ0) is 78.7. The lowest BCUT2D eigenvalue weighted by Crippen LogP contribution is -2.32. The van der Waals surface area contributed by atoms with Crippen LogP contribution in [0.25, 0.3) is 0 Å². The molecule has 5 atom stereocenters. The Kier molecular flexibility index (Phi) is 75.6. The fourth-order valence-electron chi connectivity index (χ4n) is 17.5. The molecule has 0 radical (unpaired) electrons. The summed E-state index contributed by atoms with van der Waals surface area (Å²) in [6.07, 6.45) is 76.5. The molecule has 0 saturated carbocycles. The number of esters is 4. The van der Waals surface area contributed by atoms with Gasteiger partial charge in [-0.15, -0.1) is 0 Å². The highest BCUT2D eigenvalue weighted by Gasteiger charge is 2.34. The molecule has 1 heterocycles. The summed E-state index contributed by atoms with van der Waals surface area (Å²) in [5.41, 5.74) is 0. The number of hydrogen-bond acceptors (Lipinski definition) is 11. The van der Waals surface area contributed by atoms with Crippen molar-refractivity contribution >= 4 is 23.9 Å². The lowest BCUT2D eigenvalue weighted by Gasteiger charge is -2.31. The molecular formula is C97H188N2O9. The van der Waals surface area contributed by atoms with Gasteiger partial charge in [0.25, 0.3) is 0 Å². The topological polar surface area (TPSA) is 121 Å². The second-order valence-electron chi connectivity index (χ2n) is 35.3. The summed E-state index contributed by atoms with van der Waals surface area (Å²) >= 11 is 0.